The number of allylic oxidation sites excluding steroid dienone is 4. The summed E-state index contributed by atoms with van der Waals surface area (Å²) in [6.07, 6.45) is 20.0. The van der Waals surface area contributed by atoms with Gasteiger partial charge in [-0.1, -0.05) is 57.1 Å². The van der Waals surface area contributed by atoms with Crippen LogP contribution in [-0.4, -0.2) is 40.2 Å². The Kier molecular flexibility index (Phi) is 13.3. The van der Waals surface area contributed by atoms with Crippen LogP contribution in [0.3, 0.4) is 0 Å². The van der Waals surface area contributed by atoms with Crippen molar-refractivity contribution in [1.29, 1.82) is 0 Å². The molecule has 0 aromatic carbocycles. The van der Waals surface area contributed by atoms with Crippen LogP contribution in [0.15, 0.2) is 85.8 Å². The van der Waals surface area contributed by atoms with Crippen LogP contribution in [0, 0.1) is 0 Å². The number of hydrogen-bond donors (Lipinski definition) is 0. The number of hydrogen-bond acceptors (Lipinski definition) is 5. The first-order valence-electron chi connectivity index (χ1n) is 11.8. The maximum absolute atomic E-state index is 4.82. The Morgan fingerprint density at radius 3 is 1.56 bits per heavy atom. The molecule has 2 atom stereocenters. The van der Waals surface area contributed by atoms with Crippen LogP contribution in [0.5, 0.6) is 0 Å². The van der Waals surface area contributed by atoms with Gasteiger partial charge in [-0.2, -0.15) is 0 Å². The minimum Gasteiger partial charge on any atom is -1.00 e. The van der Waals surface area contributed by atoms with E-state index in [2.05, 4.69) is 50.3 Å². The van der Waals surface area contributed by atoms with Gasteiger partial charge in [-0.3, -0.25) is 9.98 Å². The quantitative estimate of drug-likeness (QED) is 0.317. The predicted octanol–water partition coefficient (Wildman–Crippen LogP) is -3.40. The van der Waals surface area contributed by atoms with Gasteiger partial charge < -0.3 is 37.2 Å². The van der Waals surface area contributed by atoms with E-state index in [1.54, 1.807) is 0 Å². The zero-order chi connectivity index (χ0) is 21.9. The van der Waals surface area contributed by atoms with Gasteiger partial charge in [-0.05, 0) is 61.1 Å². The summed E-state index contributed by atoms with van der Waals surface area (Å²) >= 11 is 0. The van der Waals surface area contributed by atoms with Crippen molar-refractivity contribution >= 4 is 23.1 Å². The Labute approximate surface area is 244 Å². The molecule has 3 heterocycles. The van der Waals surface area contributed by atoms with E-state index in [1.165, 1.54) is 36.8 Å². The predicted molar refractivity (Wildman–Crippen MR) is 133 cm³/mol. The van der Waals surface area contributed by atoms with E-state index >= 15 is 0 Å². The molecule has 0 bridgehead atoms. The first-order chi connectivity index (χ1) is 15.7. The van der Waals surface area contributed by atoms with Crippen molar-refractivity contribution in [2.45, 2.75) is 64.5 Å². The van der Waals surface area contributed by atoms with E-state index < -0.39 is 0 Å². The van der Waals surface area contributed by atoms with Crippen molar-refractivity contribution in [3.8, 4) is 0 Å². The molecule has 191 valence electrons. The zero-order valence-corrected chi connectivity index (χ0v) is 24.1. The van der Waals surface area contributed by atoms with Gasteiger partial charge in [0.05, 0.1) is 11.4 Å². The molecule has 36 heavy (non-hydrogen) atoms. The summed E-state index contributed by atoms with van der Waals surface area (Å²) in [5, 5.41) is 0. The monoisotopic (exact) mass is 579 g/mol. The van der Waals surface area contributed by atoms with E-state index in [0.29, 0.717) is 11.7 Å². The number of pyridine rings is 1. The van der Waals surface area contributed by atoms with E-state index in [9.17, 15) is 0 Å². The van der Waals surface area contributed by atoms with Crippen molar-refractivity contribution < 1.29 is 55.8 Å². The number of fused-ring (bicyclic) bond motifs is 2. The minimum absolute atomic E-state index is 0. The number of halogens is 3. The average molecular weight is 581 g/mol. The molecule has 0 saturated carbocycles. The molecule has 2 aliphatic heterocycles. The summed E-state index contributed by atoms with van der Waals surface area (Å²) in [4.78, 5) is 24.0. The van der Waals surface area contributed by atoms with Crippen LogP contribution in [0.4, 0.5) is 0 Å². The largest absolute Gasteiger partial charge is 1.00 e. The molecule has 2 unspecified atom stereocenters. The maximum Gasteiger partial charge on any atom is 0.174 e. The molecule has 0 amide bonds. The zero-order valence-electron chi connectivity index (χ0n) is 20.4. The molecule has 1 aromatic heterocycles. The molecule has 5 nitrogen and oxygen atoms in total. The molecule has 0 spiro atoms. The summed E-state index contributed by atoms with van der Waals surface area (Å²) in [5.74, 6) is 1.38. The van der Waals surface area contributed by atoms with E-state index in [-0.39, 0.29) is 67.9 Å². The van der Waals surface area contributed by atoms with Crippen molar-refractivity contribution in [2.75, 3.05) is 0 Å². The number of amidine groups is 2. The number of aromatic nitrogens is 1. The third-order valence-corrected chi connectivity index (χ3v) is 6.10. The molecule has 4 aliphatic rings. The summed E-state index contributed by atoms with van der Waals surface area (Å²) < 4.78 is 0. The van der Waals surface area contributed by atoms with Crippen LogP contribution in [0.2, 0.25) is 0 Å². The van der Waals surface area contributed by atoms with Gasteiger partial charge in [0.15, 0.2) is 11.7 Å². The molecule has 5 rings (SSSR count). The maximum atomic E-state index is 4.82. The second kappa shape index (κ2) is 14.9. The van der Waals surface area contributed by atoms with Gasteiger partial charge in [0.1, 0.15) is 23.5 Å². The molecular weight excluding hydrogens is 552 g/mol. The Morgan fingerprint density at radius 1 is 0.694 bits per heavy atom. The average Bonchev–Trinajstić information content (AvgIpc) is 3.45. The van der Waals surface area contributed by atoms with E-state index in [0.717, 1.165) is 35.7 Å². The summed E-state index contributed by atoms with van der Waals surface area (Å²) in [6.45, 7) is 4.43. The second-order valence-corrected chi connectivity index (χ2v) is 8.64. The van der Waals surface area contributed by atoms with Crippen molar-refractivity contribution in [2.24, 2.45) is 20.0 Å². The summed E-state index contributed by atoms with van der Waals surface area (Å²) in [6, 6.07) is 5.93. The molecular formula is C27H29Cl3N5V-3. The van der Waals surface area contributed by atoms with Gasteiger partial charge in [-0.15, -0.1) is 0 Å². The number of aliphatic imine (C=N–C) groups is 4. The fourth-order valence-corrected chi connectivity index (χ4v) is 4.26. The van der Waals surface area contributed by atoms with Crippen LogP contribution in [0.25, 0.3) is 0 Å². The number of unbranched alkanes of at least 4 members (excludes halogenated alkanes) is 2. The first kappa shape index (κ1) is 32.3. The molecule has 1 aromatic rings. The Balaban J connectivity index is 0.00000162. The number of nitrogens with zero attached hydrogens (tertiary/aromatic N) is 5. The Morgan fingerprint density at radius 2 is 1.14 bits per heavy atom. The van der Waals surface area contributed by atoms with Crippen molar-refractivity contribution in [3.05, 3.63) is 77.2 Å². The van der Waals surface area contributed by atoms with Crippen LogP contribution in [-0.2, 0) is 18.6 Å². The van der Waals surface area contributed by atoms with Crippen molar-refractivity contribution in [1.82, 2.24) is 4.98 Å². The summed E-state index contributed by atoms with van der Waals surface area (Å²) in [7, 11) is 0. The molecule has 0 N–H and O–H groups in total. The molecule has 0 fully saturated rings. The third-order valence-electron chi connectivity index (χ3n) is 6.10. The molecule has 9 heteroatoms. The van der Waals surface area contributed by atoms with Crippen LogP contribution < -0.4 is 37.2 Å². The van der Waals surface area contributed by atoms with Gasteiger partial charge in [0.2, 0.25) is 0 Å². The van der Waals surface area contributed by atoms with E-state index in [4.69, 9.17) is 25.0 Å². The van der Waals surface area contributed by atoms with Crippen LogP contribution >= 0.6 is 0 Å². The SMILES string of the molecule is CCCCC1=CC2=NC(c3cccc(C4=NC5C=CC(CCCC)=CC5=N4)n3)=NC2C=C1.[Cl-].[Cl-].[Cl-].[V]. The Hall–Kier alpha value is -1.76. The second-order valence-electron chi connectivity index (χ2n) is 8.64. The minimum atomic E-state index is 0. The van der Waals surface area contributed by atoms with Gasteiger partial charge in [0.25, 0.3) is 0 Å². The topological polar surface area (TPSA) is 62.3 Å². The Bertz CT molecular complexity index is 1090. The fraction of sp³-hybridized carbons (Fsp3) is 0.370. The third kappa shape index (κ3) is 7.17. The molecule has 2 aliphatic carbocycles. The van der Waals surface area contributed by atoms with Gasteiger partial charge in [0, 0.05) is 18.6 Å². The van der Waals surface area contributed by atoms with E-state index in [1.807, 2.05) is 18.2 Å². The standard InChI is InChI=1S/C27H29N5.3ClH.V/c1-3-5-8-18-12-14-20-24(16-18)31-26(29-20)22-10-7-11-23(28-22)27-30-21-15-13-19(9-6-4-2)17-25(21)32-27;;;;/h7,10-17,20-21H,3-6,8-9H2,1-2H3;3*1H;/p-3. The molecule has 1 radical (unpaired) electrons. The summed E-state index contributed by atoms with van der Waals surface area (Å²) in [5.41, 5.74) is 6.24. The van der Waals surface area contributed by atoms with Crippen LogP contribution in [0.1, 0.15) is 63.8 Å². The van der Waals surface area contributed by atoms with Gasteiger partial charge >= 0.3 is 0 Å². The first-order valence-corrected chi connectivity index (χ1v) is 11.8. The van der Waals surface area contributed by atoms with Crippen molar-refractivity contribution in [3.63, 3.8) is 0 Å². The van der Waals surface area contributed by atoms with Gasteiger partial charge in [-0.25, -0.2) is 15.0 Å². The number of rotatable bonds is 8. The fourth-order valence-electron chi connectivity index (χ4n) is 4.26. The normalized spacial score (nSPS) is 20.5. The molecule has 0 saturated heterocycles. The smallest absolute Gasteiger partial charge is 0.174 e.